The van der Waals surface area contributed by atoms with Crippen molar-refractivity contribution in [1.29, 1.82) is 0 Å². The molecule has 1 aromatic carbocycles. The minimum absolute atomic E-state index is 0.0778. The molecule has 2 amide bonds. The topological polar surface area (TPSA) is 70.2 Å². The van der Waals surface area contributed by atoms with E-state index in [1.165, 1.54) is 12.1 Å². The van der Waals surface area contributed by atoms with Crippen LogP contribution in [0.3, 0.4) is 0 Å². The predicted octanol–water partition coefficient (Wildman–Crippen LogP) is 3.07. The Bertz CT molecular complexity index is 683. The Morgan fingerprint density at radius 1 is 1.08 bits per heavy atom. The van der Waals surface area contributed by atoms with E-state index in [-0.39, 0.29) is 22.8 Å². The highest BCUT2D eigenvalue weighted by Crippen LogP contribution is 2.31. The smallest absolute Gasteiger partial charge is 0.345 e. The van der Waals surface area contributed by atoms with Gasteiger partial charge in [0.25, 0.3) is 0 Å². The number of hydrogen-bond donors (Lipinski definition) is 3. The lowest BCUT2D eigenvalue weighted by Gasteiger charge is -2.46. The van der Waals surface area contributed by atoms with Crippen molar-refractivity contribution in [1.82, 2.24) is 10.6 Å². The molecule has 0 unspecified atom stereocenters. The number of benzene rings is 1. The summed E-state index contributed by atoms with van der Waals surface area (Å²) in [6.07, 6.45) is -3.24. The second-order valence-corrected chi connectivity index (χ2v) is 8.00. The number of nitrogens with one attached hydrogen (secondary N) is 3. The van der Waals surface area contributed by atoms with E-state index in [9.17, 15) is 22.8 Å². The molecule has 2 rings (SSSR count). The molecule has 1 aliphatic heterocycles. The quantitative estimate of drug-likeness (QED) is 0.700. The molecule has 0 aromatic heterocycles. The molecule has 0 spiro atoms. The van der Waals surface area contributed by atoms with Crippen LogP contribution in [0.1, 0.15) is 46.1 Å². The molecule has 3 N–H and O–H groups in total. The second-order valence-electron chi connectivity index (χ2n) is 8.00. The lowest BCUT2D eigenvalue weighted by atomic mass is 9.79. The maximum Gasteiger partial charge on any atom is 0.416 e. The van der Waals surface area contributed by atoms with Crippen LogP contribution < -0.4 is 16.0 Å². The molecule has 1 aromatic rings. The van der Waals surface area contributed by atoms with E-state index in [0.717, 1.165) is 12.1 Å². The van der Waals surface area contributed by atoms with Crippen LogP contribution >= 0.6 is 0 Å². The Balaban J connectivity index is 2.01. The van der Waals surface area contributed by atoms with Crippen LogP contribution in [0, 0.1) is 0 Å². The lowest BCUT2D eigenvalue weighted by Crippen LogP contribution is -2.62. The third-order valence-electron chi connectivity index (χ3n) is 4.18. The summed E-state index contributed by atoms with van der Waals surface area (Å²) in [6.45, 7) is 8.04. The number of carbonyl (C=O) groups is 2. The lowest BCUT2D eigenvalue weighted by molar-refractivity contribution is -0.137. The monoisotopic (exact) mass is 371 g/mol. The molecule has 0 atom stereocenters. The maximum atomic E-state index is 12.7. The minimum Gasteiger partial charge on any atom is -0.345 e. The summed E-state index contributed by atoms with van der Waals surface area (Å²) in [4.78, 5) is 24.2. The molecule has 144 valence electrons. The summed E-state index contributed by atoms with van der Waals surface area (Å²) in [7, 11) is 0. The molecule has 26 heavy (non-hydrogen) atoms. The highest BCUT2D eigenvalue weighted by molar-refractivity contribution is 6.39. The summed E-state index contributed by atoms with van der Waals surface area (Å²) in [5, 5.41) is 8.37. The van der Waals surface area contributed by atoms with Crippen LogP contribution in [-0.2, 0) is 15.8 Å². The zero-order valence-electron chi connectivity index (χ0n) is 15.3. The first kappa shape index (κ1) is 20.2. The summed E-state index contributed by atoms with van der Waals surface area (Å²) >= 11 is 0. The van der Waals surface area contributed by atoms with Crippen molar-refractivity contribution in [3.8, 4) is 0 Å². The van der Waals surface area contributed by atoms with Gasteiger partial charge >= 0.3 is 18.0 Å². The van der Waals surface area contributed by atoms with Crippen molar-refractivity contribution < 1.29 is 22.8 Å². The van der Waals surface area contributed by atoms with Gasteiger partial charge in [0.15, 0.2) is 0 Å². The number of rotatable bonds is 2. The van der Waals surface area contributed by atoms with E-state index >= 15 is 0 Å². The van der Waals surface area contributed by atoms with Gasteiger partial charge in [-0.15, -0.1) is 0 Å². The van der Waals surface area contributed by atoms with Gasteiger partial charge in [-0.05, 0) is 58.7 Å². The van der Waals surface area contributed by atoms with Crippen molar-refractivity contribution in [3.05, 3.63) is 29.8 Å². The zero-order chi connectivity index (χ0) is 19.8. The van der Waals surface area contributed by atoms with E-state index in [2.05, 4.69) is 16.0 Å². The third kappa shape index (κ3) is 5.45. The molecule has 0 radical (unpaired) electrons. The van der Waals surface area contributed by atoms with E-state index < -0.39 is 23.6 Å². The van der Waals surface area contributed by atoms with E-state index in [0.29, 0.717) is 12.8 Å². The fourth-order valence-corrected chi connectivity index (χ4v) is 3.64. The van der Waals surface area contributed by atoms with Crippen LogP contribution in [0.15, 0.2) is 24.3 Å². The normalized spacial score (nSPS) is 19.7. The molecule has 0 bridgehead atoms. The molecule has 0 aliphatic carbocycles. The molecule has 1 heterocycles. The Morgan fingerprint density at radius 2 is 1.65 bits per heavy atom. The van der Waals surface area contributed by atoms with Crippen molar-refractivity contribution >= 4 is 17.5 Å². The second kappa shape index (κ2) is 6.90. The van der Waals surface area contributed by atoms with Gasteiger partial charge in [-0.3, -0.25) is 9.59 Å². The SMILES string of the molecule is CC1(C)CC(NC(=O)C(=O)Nc2cccc(C(F)(F)F)c2)CC(C)(C)N1. The number of alkyl halides is 3. The summed E-state index contributed by atoms with van der Waals surface area (Å²) < 4.78 is 38.2. The van der Waals surface area contributed by atoms with Crippen LogP contribution in [0.5, 0.6) is 0 Å². The average Bonchev–Trinajstić information content (AvgIpc) is 2.43. The molecule has 0 saturated carbocycles. The Kier molecular flexibility index (Phi) is 5.37. The van der Waals surface area contributed by atoms with Crippen LogP contribution in [0.2, 0.25) is 0 Å². The molecule has 1 aliphatic rings. The fourth-order valence-electron chi connectivity index (χ4n) is 3.64. The van der Waals surface area contributed by atoms with E-state index in [4.69, 9.17) is 0 Å². The Hall–Kier alpha value is -2.09. The van der Waals surface area contributed by atoms with Gasteiger partial charge in [0.1, 0.15) is 0 Å². The van der Waals surface area contributed by atoms with Crippen molar-refractivity contribution in [3.63, 3.8) is 0 Å². The summed E-state index contributed by atoms with van der Waals surface area (Å²) in [6, 6.07) is 3.96. The van der Waals surface area contributed by atoms with Gasteiger partial charge in [-0.2, -0.15) is 13.2 Å². The van der Waals surface area contributed by atoms with Gasteiger partial charge in [-0.1, -0.05) is 6.07 Å². The first-order valence-corrected chi connectivity index (χ1v) is 8.36. The average molecular weight is 371 g/mol. The summed E-state index contributed by atoms with van der Waals surface area (Å²) in [5.41, 5.74) is -1.39. The largest absolute Gasteiger partial charge is 0.416 e. The number of halogens is 3. The Morgan fingerprint density at radius 3 is 2.19 bits per heavy atom. The van der Waals surface area contributed by atoms with Gasteiger partial charge in [0.05, 0.1) is 5.56 Å². The third-order valence-corrected chi connectivity index (χ3v) is 4.18. The van der Waals surface area contributed by atoms with Gasteiger partial charge < -0.3 is 16.0 Å². The van der Waals surface area contributed by atoms with Gasteiger partial charge in [0, 0.05) is 22.8 Å². The van der Waals surface area contributed by atoms with Crippen molar-refractivity contribution in [2.24, 2.45) is 0 Å². The van der Waals surface area contributed by atoms with Crippen molar-refractivity contribution in [2.75, 3.05) is 5.32 Å². The molecule has 1 saturated heterocycles. The fraction of sp³-hybridized carbons (Fsp3) is 0.556. The first-order chi connectivity index (χ1) is 11.8. The Labute approximate surface area is 150 Å². The first-order valence-electron chi connectivity index (χ1n) is 8.36. The molecular weight excluding hydrogens is 347 g/mol. The van der Waals surface area contributed by atoms with Crippen LogP contribution in [-0.4, -0.2) is 28.9 Å². The highest BCUT2D eigenvalue weighted by atomic mass is 19.4. The van der Waals surface area contributed by atoms with E-state index in [1.807, 2.05) is 27.7 Å². The maximum absolute atomic E-state index is 12.7. The number of anilines is 1. The number of amides is 2. The van der Waals surface area contributed by atoms with Gasteiger partial charge in [-0.25, -0.2) is 0 Å². The van der Waals surface area contributed by atoms with Crippen LogP contribution in [0.4, 0.5) is 18.9 Å². The minimum atomic E-state index is -4.52. The number of carbonyl (C=O) groups excluding carboxylic acids is 2. The predicted molar refractivity (Wildman–Crippen MR) is 92.5 cm³/mol. The standard InChI is InChI=1S/C18H24F3N3O2/c1-16(2)9-13(10-17(3,4)24-16)23-15(26)14(25)22-12-7-5-6-11(8-12)18(19,20)21/h5-8,13,24H,9-10H2,1-4H3,(H,22,25)(H,23,26). The van der Waals surface area contributed by atoms with Crippen LogP contribution in [0.25, 0.3) is 0 Å². The van der Waals surface area contributed by atoms with Crippen molar-refractivity contribution in [2.45, 2.75) is 63.8 Å². The highest BCUT2D eigenvalue weighted by Gasteiger charge is 2.38. The zero-order valence-corrected chi connectivity index (χ0v) is 15.3. The molecule has 5 nitrogen and oxygen atoms in total. The van der Waals surface area contributed by atoms with Gasteiger partial charge in [0.2, 0.25) is 0 Å². The molecule has 1 fully saturated rings. The molecular formula is C18H24F3N3O2. The number of piperidine rings is 1. The summed E-state index contributed by atoms with van der Waals surface area (Å²) in [5.74, 6) is -1.85. The number of hydrogen-bond acceptors (Lipinski definition) is 3. The van der Waals surface area contributed by atoms with E-state index in [1.54, 1.807) is 0 Å². The molecule has 8 heteroatoms.